The minimum atomic E-state index is -0.375. The van der Waals surface area contributed by atoms with Crippen LogP contribution in [0.1, 0.15) is 16.8 Å². The number of amides is 2. The number of hydrazine groups is 1. The third-order valence-corrected chi connectivity index (χ3v) is 3.20. The van der Waals surface area contributed by atoms with Crippen molar-refractivity contribution in [2.45, 2.75) is 6.42 Å². The molecule has 24 heavy (non-hydrogen) atoms. The van der Waals surface area contributed by atoms with Crippen LogP contribution in [0.15, 0.2) is 54.6 Å². The average molecular weight is 327 g/mol. The number of ether oxygens (including phenoxy) is 1. The number of benzene rings is 2. The summed E-state index contributed by atoms with van der Waals surface area (Å²) in [6, 6.07) is 16.1. The number of hydrogen-bond acceptors (Lipinski definition) is 4. The Hall–Kier alpha value is -2.86. The van der Waals surface area contributed by atoms with Gasteiger partial charge in [0, 0.05) is 18.5 Å². The van der Waals surface area contributed by atoms with Crippen LogP contribution in [0.2, 0.25) is 0 Å². The Labute approximate surface area is 141 Å². The highest BCUT2D eigenvalue weighted by Gasteiger charge is 2.08. The number of hydrogen-bond donors (Lipinski definition) is 2. The third kappa shape index (κ3) is 5.73. The monoisotopic (exact) mass is 327 g/mol. The highest BCUT2D eigenvalue weighted by Crippen LogP contribution is 2.20. The van der Waals surface area contributed by atoms with E-state index in [2.05, 4.69) is 10.9 Å². The second kappa shape index (κ2) is 8.69. The van der Waals surface area contributed by atoms with Crippen LogP contribution in [0.4, 0.5) is 0 Å². The summed E-state index contributed by atoms with van der Waals surface area (Å²) in [5, 5.41) is 0. The van der Waals surface area contributed by atoms with Crippen LogP contribution in [0.25, 0.3) is 0 Å². The van der Waals surface area contributed by atoms with Crippen LogP contribution < -0.4 is 15.6 Å². The van der Waals surface area contributed by atoms with E-state index in [1.807, 2.05) is 49.3 Å². The number of rotatable bonds is 6. The van der Waals surface area contributed by atoms with Crippen LogP contribution in [0, 0.1) is 0 Å². The van der Waals surface area contributed by atoms with Crippen LogP contribution in [-0.2, 0) is 4.79 Å². The first-order valence-electron chi connectivity index (χ1n) is 7.61. The number of nitrogens with one attached hydrogen (secondary N) is 2. The maximum absolute atomic E-state index is 12.0. The SMILES string of the molecule is CN(C)CCC(=O)NNC(=O)c1ccc(Oc2ccccc2)cc1. The molecule has 2 N–H and O–H groups in total. The molecule has 0 heterocycles. The molecule has 6 nitrogen and oxygen atoms in total. The van der Waals surface area contributed by atoms with Crippen molar-refractivity contribution in [1.29, 1.82) is 0 Å². The Balaban J connectivity index is 1.84. The summed E-state index contributed by atoms with van der Waals surface area (Å²) >= 11 is 0. The summed E-state index contributed by atoms with van der Waals surface area (Å²) in [5.74, 6) is 0.746. The second-order valence-electron chi connectivity index (χ2n) is 5.50. The molecule has 2 aromatic rings. The Bertz CT molecular complexity index is 670. The number of carbonyl (C=O) groups is 2. The van der Waals surface area contributed by atoms with Crippen molar-refractivity contribution in [3.63, 3.8) is 0 Å². The van der Waals surface area contributed by atoms with E-state index >= 15 is 0 Å². The molecule has 0 atom stereocenters. The normalized spacial score (nSPS) is 10.3. The van der Waals surface area contributed by atoms with Gasteiger partial charge in [-0.05, 0) is 50.5 Å². The van der Waals surface area contributed by atoms with E-state index in [1.165, 1.54) is 0 Å². The molecule has 0 bridgehead atoms. The zero-order chi connectivity index (χ0) is 17.4. The first kappa shape index (κ1) is 17.5. The predicted octanol–water partition coefficient (Wildman–Crippen LogP) is 2.19. The summed E-state index contributed by atoms with van der Waals surface area (Å²) in [7, 11) is 3.76. The van der Waals surface area contributed by atoms with Gasteiger partial charge in [0.05, 0.1) is 0 Å². The van der Waals surface area contributed by atoms with Gasteiger partial charge in [0.15, 0.2) is 0 Å². The molecule has 0 saturated carbocycles. The molecule has 126 valence electrons. The van der Waals surface area contributed by atoms with Gasteiger partial charge in [-0.2, -0.15) is 0 Å². The van der Waals surface area contributed by atoms with Gasteiger partial charge in [-0.1, -0.05) is 18.2 Å². The molecule has 0 radical (unpaired) electrons. The molecule has 2 rings (SSSR count). The van der Waals surface area contributed by atoms with Crippen molar-refractivity contribution >= 4 is 11.8 Å². The van der Waals surface area contributed by atoms with Gasteiger partial charge in [0.1, 0.15) is 11.5 Å². The van der Waals surface area contributed by atoms with Gasteiger partial charge >= 0.3 is 0 Å². The molecule has 0 aliphatic carbocycles. The van der Waals surface area contributed by atoms with Crippen molar-refractivity contribution in [3.05, 3.63) is 60.2 Å². The molecule has 0 fully saturated rings. The highest BCUT2D eigenvalue weighted by atomic mass is 16.5. The number of carbonyl (C=O) groups excluding carboxylic acids is 2. The van der Waals surface area contributed by atoms with Crippen molar-refractivity contribution in [2.75, 3.05) is 20.6 Å². The quantitative estimate of drug-likeness (QED) is 0.798. The topological polar surface area (TPSA) is 70.7 Å². The van der Waals surface area contributed by atoms with Gasteiger partial charge in [0.2, 0.25) is 5.91 Å². The maximum Gasteiger partial charge on any atom is 0.269 e. The fraction of sp³-hybridized carbons (Fsp3) is 0.222. The molecule has 0 aromatic heterocycles. The Morgan fingerprint density at radius 1 is 0.917 bits per heavy atom. The van der Waals surface area contributed by atoms with Gasteiger partial charge in [-0.15, -0.1) is 0 Å². The Morgan fingerprint density at radius 2 is 1.54 bits per heavy atom. The fourth-order valence-corrected chi connectivity index (χ4v) is 1.89. The minimum absolute atomic E-state index is 0.235. The zero-order valence-electron chi connectivity index (χ0n) is 13.8. The van der Waals surface area contributed by atoms with Gasteiger partial charge in [0.25, 0.3) is 5.91 Å². The maximum atomic E-state index is 12.0. The molecule has 0 spiro atoms. The Morgan fingerprint density at radius 3 is 2.17 bits per heavy atom. The van der Waals surface area contributed by atoms with E-state index in [9.17, 15) is 9.59 Å². The smallest absolute Gasteiger partial charge is 0.269 e. The predicted molar refractivity (Wildman–Crippen MR) is 91.7 cm³/mol. The second-order valence-corrected chi connectivity index (χ2v) is 5.50. The lowest BCUT2D eigenvalue weighted by molar-refractivity contribution is -0.122. The standard InChI is InChI=1S/C18H21N3O3/c1-21(2)13-12-17(22)19-20-18(23)14-8-10-16(11-9-14)24-15-6-4-3-5-7-15/h3-11H,12-13H2,1-2H3,(H,19,22)(H,20,23). The summed E-state index contributed by atoms with van der Waals surface area (Å²) in [6.07, 6.45) is 0.317. The summed E-state index contributed by atoms with van der Waals surface area (Å²) < 4.78 is 5.66. The largest absolute Gasteiger partial charge is 0.457 e. The van der Waals surface area contributed by atoms with Crippen molar-refractivity contribution in [1.82, 2.24) is 15.8 Å². The number of para-hydroxylation sites is 1. The summed E-state index contributed by atoms with van der Waals surface area (Å²) in [4.78, 5) is 25.4. The first-order valence-corrected chi connectivity index (χ1v) is 7.61. The number of nitrogens with zero attached hydrogens (tertiary/aromatic N) is 1. The molecule has 0 aliphatic heterocycles. The van der Waals surface area contributed by atoms with E-state index in [1.54, 1.807) is 24.3 Å². The molecule has 6 heteroatoms. The molecule has 0 aliphatic rings. The zero-order valence-corrected chi connectivity index (χ0v) is 13.8. The molecular weight excluding hydrogens is 306 g/mol. The van der Waals surface area contributed by atoms with Crippen LogP contribution in [-0.4, -0.2) is 37.4 Å². The lowest BCUT2D eigenvalue weighted by Gasteiger charge is -2.11. The van der Waals surface area contributed by atoms with Crippen molar-refractivity contribution < 1.29 is 14.3 Å². The highest BCUT2D eigenvalue weighted by molar-refractivity contribution is 5.95. The molecule has 0 unspecified atom stereocenters. The minimum Gasteiger partial charge on any atom is -0.457 e. The molecular formula is C18H21N3O3. The lowest BCUT2D eigenvalue weighted by atomic mass is 10.2. The Kier molecular flexibility index (Phi) is 6.33. The third-order valence-electron chi connectivity index (χ3n) is 3.20. The van der Waals surface area contributed by atoms with E-state index in [4.69, 9.17) is 4.74 Å². The lowest BCUT2D eigenvalue weighted by Crippen LogP contribution is -2.42. The van der Waals surface area contributed by atoms with E-state index in [-0.39, 0.29) is 11.8 Å². The van der Waals surface area contributed by atoms with Crippen molar-refractivity contribution in [2.24, 2.45) is 0 Å². The van der Waals surface area contributed by atoms with Gasteiger partial charge in [-0.3, -0.25) is 20.4 Å². The molecule has 2 aromatic carbocycles. The summed E-state index contributed by atoms with van der Waals surface area (Å²) in [5.41, 5.74) is 5.22. The van der Waals surface area contributed by atoms with Gasteiger partial charge < -0.3 is 9.64 Å². The van der Waals surface area contributed by atoms with Crippen LogP contribution >= 0.6 is 0 Å². The van der Waals surface area contributed by atoms with E-state index in [0.717, 1.165) is 5.75 Å². The van der Waals surface area contributed by atoms with Crippen LogP contribution in [0.5, 0.6) is 11.5 Å². The van der Waals surface area contributed by atoms with Crippen molar-refractivity contribution in [3.8, 4) is 11.5 Å². The van der Waals surface area contributed by atoms with Gasteiger partial charge in [-0.25, -0.2) is 0 Å². The molecule has 2 amide bonds. The van der Waals surface area contributed by atoms with Crippen LogP contribution in [0.3, 0.4) is 0 Å². The van der Waals surface area contributed by atoms with E-state index < -0.39 is 0 Å². The fourth-order valence-electron chi connectivity index (χ4n) is 1.89. The van der Waals surface area contributed by atoms with E-state index in [0.29, 0.717) is 24.3 Å². The average Bonchev–Trinajstić information content (AvgIpc) is 2.59. The summed E-state index contributed by atoms with van der Waals surface area (Å²) in [6.45, 7) is 0.618. The molecule has 0 saturated heterocycles. The first-order chi connectivity index (χ1) is 11.5.